The van der Waals surface area contributed by atoms with Gasteiger partial charge in [-0.15, -0.1) is 0 Å². The number of benzene rings is 1. The van der Waals surface area contributed by atoms with Crippen molar-refractivity contribution in [1.29, 1.82) is 0 Å². The highest BCUT2D eigenvalue weighted by atomic mass is 16.1. The van der Waals surface area contributed by atoms with Crippen LogP contribution in [0.5, 0.6) is 0 Å². The van der Waals surface area contributed by atoms with E-state index in [0.29, 0.717) is 11.5 Å². The van der Waals surface area contributed by atoms with E-state index in [4.69, 9.17) is 0 Å². The van der Waals surface area contributed by atoms with Crippen LogP contribution in [-0.4, -0.2) is 19.0 Å². The zero-order valence-corrected chi connectivity index (χ0v) is 12.3. The van der Waals surface area contributed by atoms with Gasteiger partial charge in [-0.1, -0.05) is 13.8 Å². The molecule has 1 saturated carbocycles. The predicted molar refractivity (Wildman–Crippen MR) is 79.6 cm³/mol. The topological polar surface area (TPSA) is 41.1 Å². The molecule has 1 aromatic carbocycles. The molecule has 2 rings (SSSR count). The van der Waals surface area contributed by atoms with Crippen LogP contribution in [0.4, 0.5) is 5.69 Å². The van der Waals surface area contributed by atoms with Crippen LogP contribution in [0.15, 0.2) is 18.2 Å². The number of hydrogen-bond acceptors (Lipinski definition) is 2. The van der Waals surface area contributed by atoms with Crippen molar-refractivity contribution >= 4 is 11.6 Å². The van der Waals surface area contributed by atoms with E-state index < -0.39 is 0 Å². The zero-order chi connectivity index (χ0) is 14.0. The smallest absolute Gasteiger partial charge is 0.251 e. The van der Waals surface area contributed by atoms with Crippen molar-refractivity contribution < 1.29 is 4.79 Å². The summed E-state index contributed by atoms with van der Waals surface area (Å²) in [4.78, 5) is 11.6. The van der Waals surface area contributed by atoms with Gasteiger partial charge < -0.3 is 10.6 Å². The van der Waals surface area contributed by atoms with Crippen molar-refractivity contribution in [3.05, 3.63) is 29.3 Å². The Balaban J connectivity index is 2.08. The zero-order valence-electron chi connectivity index (χ0n) is 12.3. The molecular weight excluding hydrogens is 236 g/mol. The van der Waals surface area contributed by atoms with Crippen LogP contribution in [-0.2, 0) is 0 Å². The number of rotatable bonds is 3. The van der Waals surface area contributed by atoms with Gasteiger partial charge in [-0.2, -0.15) is 0 Å². The largest absolute Gasteiger partial charge is 0.382 e. The molecule has 104 valence electrons. The van der Waals surface area contributed by atoms with Gasteiger partial charge in [-0.05, 0) is 55.4 Å². The quantitative estimate of drug-likeness (QED) is 0.875. The SMILES string of the molecule is CNC(=O)c1ccc(NC2CCC(C)(C)C2)c(C)c1. The van der Waals surface area contributed by atoms with Crippen LogP contribution in [0.3, 0.4) is 0 Å². The minimum atomic E-state index is -0.0309. The molecule has 19 heavy (non-hydrogen) atoms. The molecule has 1 unspecified atom stereocenters. The lowest BCUT2D eigenvalue weighted by Gasteiger charge is -2.20. The van der Waals surface area contributed by atoms with E-state index in [1.165, 1.54) is 19.3 Å². The Labute approximate surface area is 115 Å². The lowest BCUT2D eigenvalue weighted by Crippen LogP contribution is -2.20. The van der Waals surface area contributed by atoms with Gasteiger partial charge in [-0.25, -0.2) is 0 Å². The van der Waals surface area contributed by atoms with E-state index >= 15 is 0 Å². The minimum Gasteiger partial charge on any atom is -0.382 e. The Hall–Kier alpha value is -1.51. The van der Waals surface area contributed by atoms with Crippen LogP contribution < -0.4 is 10.6 Å². The second-order valence-corrected chi connectivity index (χ2v) is 6.36. The molecule has 0 aromatic heterocycles. The number of nitrogens with one attached hydrogen (secondary N) is 2. The van der Waals surface area contributed by atoms with Gasteiger partial charge in [0.25, 0.3) is 5.91 Å². The maximum absolute atomic E-state index is 11.6. The first-order valence-corrected chi connectivity index (χ1v) is 7.00. The molecule has 1 atom stereocenters. The predicted octanol–water partition coefficient (Wildman–Crippen LogP) is 3.35. The van der Waals surface area contributed by atoms with Crippen molar-refractivity contribution in [2.45, 2.75) is 46.1 Å². The summed E-state index contributed by atoms with van der Waals surface area (Å²) >= 11 is 0. The van der Waals surface area contributed by atoms with Gasteiger partial charge in [0.1, 0.15) is 0 Å². The van der Waals surface area contributed by atoms with E-state index in [1.54, 1.807) is 7.05 Å². The lowest BCUT2D eigenvalue weighted by atomic mass is 9.92. The van der Waals surface area contributed by atoms with Crippen LogP contribution >= 0.6 is 0 Å². The fourth-order valence-corrected chi connectivity index (χ4v) is 2.89. The van der Waals surface area contributed by atoms with E-state index in [0.717, 1.165) is 16.8 Å². The van der Waals surface area contributed by atoms with Crippen LogP contribution in [0, 0.1) is 12.3 Å². The summed E-state index contributed by atoms with van der Waals surface area (Å²) in [5, 5.41) is 6.27. The van der Waals surface area contributed by atoms with Crippen molar-refractivity contribution in [1.82, 2.24) is 5.32 Å². The molecule has 3 nitrogen and oxygen atoms in total. The van der Waals surface area contributed by atoms with Gasteiger partial charge in [0, 0.05) is 24.3 Å². The number of amides is 1. The summed E-state index contributed by atoms with van der Waals surface area (Å²) < 4.78 is 0. The van der Waals surface area contributed by atoms with E-state index in [2.05, 4.69) is 31.4 Å². The summed E-state index contributed by atoms with van der Waals surface area (Å²) in [6, 6.07) is 6.40. The molecule has 0 aliphatic heterocycles. The monoisotopic (exact) mass is 260 g/mol. The molecule has 0 bridgehead atoms. The van der Waals surface area contributed by atoms with Crippen molar-refractivity contribution in [3.63, 3.8) is 0 Å². The first-order chi connectivity index (χ1) is 8.91. The number of carbonyl (C=O) groups excluding carboxylic acids is 1. The summed E-state index contributed by atoms with van der Waals surface area (Å²) in [7, 11) is 1.66. The van der Waals surface area contributed by atoms with Crippen LogP contribution in [0.1, 0.15) is 49.0 Å². The number of anilines is 1. The molecule has 2 N–H and O–H groups in total. The summed E-state index contributed by atoms with van der Waals surface area (Å²) in [5.41, 5.74) is 3.45. The fraction of sp³-hybridized carbons (Fsp3) is 0.562. The highest BCUT2D eigenvalue weighted by molar-refractivity contribution is 5.94. The van der Waals surface area contributed by atoms with Crippen molar-refractivity contribution in [2.75, 3.05) is 12.4 Å². The summed E-state index contributed by atoms with van der Waals surface area (Å²) in [5.74, 6) is -0.0309. The molecule has 0 radical (unpaired) electrons. The van der Waals surface area contributed by atoms with Gasteiger partial charge in [0.15, 0.2) is 0 Å². The molecule has 3 heteroatoms. The van der Waals surface area contributed by atoms with Crippen LogP contribution in [0.25, 0.3) is 0 Å². The highest BCUT2D eigenvalue weighted by Crippen LogP contribution is 2.38. The van der Waals surface area contributed by atoms with Gasteiger partial charge in [-0.3, -0.25) is 4.79 Å². The first kappa shape index (κ1) is 13.9. The number of carbonyl (C=O) groups is 1. The Bertz CT molecular complexity index is 480. The Morgan fingerprint density at radius 1 is 1.37 bits per heavy atom. The summed E-state index contributed by atoms with van der Waals surface area (Å²) in [6.45, 7) is 6.71. The molecule has 1 aliphatic rings. The third kappa shape index (κ3) is 3.28. The lowest BCUT2D eigenvalue weighted by molar-refractivity contribution is 0.0963. The molecule has 1 aliphatic carbocycles. The molecule has 0 saturated heterocycles. The van der Waals surface area contributed by atoms with E-state index in [-0.39, 0.29) is 5.91 Å². The molecule has 0 heterocycles. The first-order valence-electron chi connectivity index (χ1n) is 7.00. The maximum Gasteiger partial charge on any atom is 0.251 e. The van der Waals surface area contributed by atoms with Crippen molar-refractivity contribution in [2.24, 2.45) is 5.41 Å². The van der Waals surface area contributed by atoms with Crippen molar-refractivity contribution in [3.8, 4) is 0 Å². The van der Waals surface area contributed by atoms with Gasteiger partial charge in [0.2, 0.25) is 0 Å². The number of hydrogen-bond donors (Lipinski definition) is 2. The highest BCUT2D eigenvalue weighted by Gasteiger charge is 2.30. The average molecular weight is 260 g/mol. The fourth-order valence-electron chi connectivity index (χ4n) is 2.89. The maximum atomic E-state index is 11.6. The Morgan fingerprint density at radius 2 is 2.11 bits per heavy atom. The number of aryl methyl sites for hydroxylation is 1. The van der Waals surface area contributed by atoms with E-state index in [9.17, 15) is 4.79 Å². The van der Waals surface area contributed by atoms with Crippen LogP contribution in [0.2, 0.25) is 0 Å². The Kier molecular flexibility index (Phi) is 3.83. The third-order valence-corrected chi connectivity index (χ3v) is 4.04. The summed E-state index contributed by atoms with van der Waals surface area (Å²) in [6.07, 6.45) is 3.72. The second-order valence-electron chi connectivity index (χ2n) is 6.36. The standard InChI is InChI=1S/C16H24N2O/c1-11-9-12(15(19)17-4)5-6-14(11)18-13-7-8-16(2,3)10-13/h5-6,9,13,18H,7-8,10H2,1-4H3,(H,17,19). The van der Waals surface area contributed by atoms with Gasteiger partial charge in [0.05, 0.1) is 0 Å². The van der Waals surface area contributed by atoms with Gasteiger partial charge >= 0.3 is 0 Å². The molecule has 1 fully saturated rings. The minimum absolute atomic E-state index is 0.0309. The molecule has 0 spiro atoms. The second kappa shape index (κ2) is 5.24. The Morgan fingerprint density at radius 3 is 2.63 bits per heavy atom. The normalized spacial score (nSPS) is 21.2. The van der Waals surface area contributed by atoms with E-state index in [1.807, 2.05) is 18.2 Å². The molecule has 1 amide bonds. The molecule has 1 aromatic rings. The third-order valence-electron chi connectivity index (χ3n) is 4.04. The average Bonchev–Trinajstić information content (AvgIpc) is 2.70. The molecular formula is C16H24N2O.